The zero-order valence-electron chi connectivity index (χ0n) is 13.8. The van der Waals surface area contributed by atoms with Crippen molar-refractivity contribution >= 4 is 11.1 Å². The third kappa shape index (κ3) is 3.19. The molecule has 0 bridgehead atoms. The molecule has 3 heterocycles. The summed E-state index contributed by atoms with van der Waals surface area (Å²) in [5.74, 6) is 2.12. The maximum atomic E-state index is 13.3. The molecule has 0 N–H and O–H groups in total. The first-order chi connectivity index (χ1) is 11.7. The van der Waals surface area contributed by atoms with E-state index in [0.29, 0.717) is 29.5 Å². The normalized spacial score (nSPS) is 19.2. The minimum absolute atomic E-state index is 0.282. The Kier molecular flexibility index (Phi) is 4.06. The first-order valence-electron chi connectivity index (χ1n) is 8.41. The number of likely N-dealkylation sites (tertiary alicyclic amines) is 1. The van der Waals surface area contributed by atoms with Gasteiger partial charge < -0.3 is 8.98 Å². The molecule has 1 aliphatic heterocycles. The predicted molar refractivity (Wildman–Crippen MR) is 88.9 cm³/mol. The molecule has 126 valence electrons. The number of aryl methyl sites for hydroxylation is 1. The molecular formula is C18H21FN4O. The lowest BCUT2D eigenvalue weighted by Gasteiger charge is -2.31. The summed E-state index contributed by atoms with van der Waals surface area (Å²) in [7, 11) is 2.04. The number of hydrogen-bond donors (Lipinski definition) is 0. The molecule has 0 spiro atoms. The van der Waals surface area contributed by atoms with Crippen LogP contribution < -0.4 is 0 Å². The monoisotopic (exact) mass is 328 g/mol. The maximum Gasteiger partial charge on any atom is 0.209 e. The van der Waals surface area contributed by atoms with Crippen LogP contribution in [0.2, 0.25) is 0 Å². The highest BCUT2D eigenvalue weighted by molar-refractivity contribution is 5.72. The average molecular weight is 328 g/mol. The van der Waals surface area contributed by atoms with Crippen molar-refractivity contribution in [2.24, 2.45) is 13.0 Å². The second kappa shape index (κ2) is 6.36. The number of hydrogen-bond acceptors (Lipinski definition) is 4. The van der Waals surface area contributed by atoms with Crippen LogP contribution in [-0.2, 0) is 20.0 Å². The standard InChI is InChI=1S/C18H21FN4O/c1-22-8-6-20-17(22)9-13-3-2-7-23(11-13)12-18-21-15-10-14(19)4-5-16(15)24-18/h4-6,8,10,13H,2-3,7,9,11-12H2,1H3/t13-/m1/s1. The molecule has 3 aromatic rings. The number of nitrogens with zero attached hydrogens (tertiary/aromatic N) is 4. The lowest BCUT2D eigenvalue weighted by Crippen LogP contribution is -2.36. The summed E-state index contributed by atoms with van der Waals surface area (Å²) in [6.45, 7) is 2.73. The van der Waals surface area contributed by atoms with Crippen molar-refractivity contribution in [2.75, 3.05) is 13.1 Å². The molecule has 4 rings (SSSR count). The summed E-state index contributed by atoms with van der Waals surface area (Å²) in [6.07, 6.45) is 7.24. The molecule has 6 heteroatoms. The van der Waals surface area contributed by atoms with Crippen molar-refractivity contribution in [3.8, 4) is 0 Å². The van der Waals surface area contributed by atoms with E-state index in [1.165, 1.54) is 25.0 Å². The average Bonchev–Trinajstić information content (AvgIpc) is 3.13. The van der Waals surface area contributed by atoms with Crippen LogP contribution in [0.3, 0.4) is 0 Å². The van der Waals surface area contributed by atoms with E-state index >= 15 is 0 Å². The van der Waals surface area contributed by atoms with Gasteiger partial charge in [-0.1, -0.05) is 0 Å². The highest BCUT2D eigenvalue weighted by Crippen LogP contribution is 2.23. The van der Waals surface area contributed by atoms with Crippen molar-refractivity contribution in [3.05, 3.63) is 48.1 Å². The third-order valence-electron chi connectivity index (χ3n) is 4.75. The van der Waals surface area contributed by atoms with Gasteiger partial charge in [0, 0.05) is 38.5 Å². The summed E-state index contributed by atoms with van der Waals surface area (Å²) in [6, 6.07) is 4.46. The van der Waals surface area contributed by atoms with E-state index in [1.54, 1.807) is 6.07 Å². The van der Waals surface area contributed by atoms with Crippen LogP contribution in [0.5, 0.6) is 0 Å². The Bertz CT molecular complexity index is 841. The molecule has 0 amide bonds. The van der Waals surface area contributed by atoms with E-state index in [0.717, 1.165) is 25.3 Å². The molecule has 1 atom stereocenters. The van der Waals surface area contributed by atoms with E-state index in [9.17, 15) is 4.39 Å². The van der Waals surface area contributed by atoms with Crippen molar-refractivity contribution < 1.29 is 8.81 Å². The number of halogens is 1. The van der Waals surface area contributed by atoms with Crippen LogP contribution in [0, 0.1) is 11.7 Å². The fourth-order valence-corrected chi connectivity index (χ4v) is 3.52. The van der Waals surface area contributed by atoms with E-state index in [2.05, 4.69) is 19.4 Å². The number of imidazole rings is 1. The topological polar surface area (TPSA) is 47.1 Å². The van der Waals surface area contributed by atoms with Gasteiger partial charge in [-0.2, -0.15) is 0 Å². The molecule has 24 heavy (non-hydrogen) atoms. The number of aromatic nitrogens is 3. The summed E-state index contributed by atoms with van der Waals surface area (Å²) in [4.78, 5) is 11.2. The smallest absolute Gasteiger partial charge is 0.209 e. The van der Waals surface area contributed by atoms with Crippen molar-refractivity contribution in [2.45, 2.75) is 25.8 Å². The second-order valence-corrected chi connectivity index (χ2v) is 6.62. The van der Waals surface area contributed by atoms with E-state index in [4.69, 9.17) is 4.42 Å². The Balaban J connectivity index is 1.42. The molecule has 0 radical (unpaired) electrons. The molecule has 1 fully saturated rings. The van der Waals surface area contributed by atoms with Gasteiger partial charge in [-0.25, -0.2) is 14.4 Å². The second-order valence-electron chi connectivity index (χ2n) is 6.62. The quantitative estimate of drug-likeness (QED) is 0.738. The van der Waals surface area contributed by atoms with Gasteiger partial charge in [0.25, 0.3) is 0 Å². The van der Waals surface area contributed by atoms with Crippen LogP contribution in [0.25, 0.3) is 11.1 Å². The Morgan fingerprint density at radius 3 is 3.12 bits per heavy atom. The fraction of sp³-hybridized carbons (Fsp3) is 0.444. The minimum atomic E-state index is -0.282. The van der Waals surface area contributed by atoms with Crippen LogP contribution in [0.1, 0.15) is 24.6 Å². The predicted octanol–water partition coefficient (Wildman–Crippen LogP) is 3.16. The third-order valence-corrected chi connectivity index (χ3v) is 4.75. The van der Waals surface area contributed by atoms with Crippen molar-refractivity contribution in [1.29, 1.82) is 0 Å². The van der Waals surface area contributed by atoms with E-state index < -0.39 is 0 Å². The minimum Gasteiger partial charge on any atom is -0.439 e. The van der Waals surface area contributed by atoms with Crippen LogP contribution >= 0.6 is 0 Å². The van der Waals surface area contributed by atoms with Gasteiger partial charge in [0.2, 0.25) is 5.89 Å². The van der Waals surface area contributed by atoms with Gasteiger partial charge in [-0.15, -0.1) is 0 Å². The zero-order chi connectivity index (χ0) is 16.5. The van der Waals surface area contributed by atoms with Gasteiger partial charge in [-0.05, 0) is 37.4 Å². The SMILES string of the molecule is Cn1ccnc1C[C@H]1CCCN(Cc2nc3cc(F)ccc3o2)C1. The van der Waals surface area contributed by atoms with Crippen LogP contribution in [0.4, 0.5) is 4.39 Å². The van der Waals surface area contributed by atoms with Crippen LogP contribution in [-0.4, -0.2) is 32.5 Å². The molecule has 1 aromatic carbocycles. The Morgan fingerprint density at radius 2 is 2.29 bits per heavy atom. The van der Waals surface area contributed by atoms with Gasteiger partial charge in [0.05, 0.1) is 6.54 Å². The maximum absolute atomic E-state index is 13.3. The molecular weight excluding hydrogens is 307 g/mol. The van der Waals surface area contributed by atoms with E-state index in [1.807, 2.05) is 19.4 Å². The first kappa shape index (κ1) is 15.3. The van der Waals surface area contributed by atoms with Gasteiger partial charge in [0.1, 0.15) is 17.2 Å². The highest BCUT2D eigenvalue weighted by Gasteiger charge is 2.23. The first-order valence-corrected chi connectivity index (χ1v) is 8.41. The molecule has 5 nitrogen and oxygen atoms in total. The summed E-state index contributed by atoms with van der Waals surface area (Å²) >= 11 is 0. The molecule has 2 aromatic heterocycles. The Labute approximate surface area is 140 Å². The van der Waals surface area contributed by atoms with Gasteiger partial charge >= 0.3 is 0 Å². The number of fused-ring (bicyclic) bond motifs is 1. The summed E-state index contributed by atoms with van der Waals surface area (Å²) in [5.41, 5.74) is 1.24. The lowest BCUT2D eigenvalue weighted by atomic mass is 9.94. The molecule has 1 saturated heterocycles. The Morgan fingerprint density at radius 1 is 1.38 bits per heavy atom. The number of benzene rings is 1. The van der Waals surface area contributed by atoms with Gasteiger partial charge in [0.15, 0.2) is 5.58 Å². The highest BCUT2D eigenvalue weighted by atomic mass is 19.1. The number of piperidine rings is 1. The van der Waals surface area contributed by atoms with Crippen molar-refractivity contribution in [3.63, 3.8) is 0 Å². The number of rotatable bonds is 4. The van der Waals surface area contributed by atoms with Gasteiger partial charge in [-0.3, -0.25) is 4.90 Å². The van der Waals surface area contributed by atoms with Crippen molar-refractivity contribution in [1.82, 2.24) is 19.4 Å². The number of oxazole rings is 1. The molecule has 0 unspecified atom stereocenters. The molecule has 0 saturated carbocycles. The Hall–Kier alpha value is -2.21. The fourth-order valence-electron chi connectivity index (χ4n) is 3.52. The molecule has 1 aliphatic rings. The lowest BCUT2D eigenvalue weighted by molar-refractivity contribution is 0.153. The molecule has 0 aliphatic carbocycles. The largest absolute Gasteiger partial charge is 0.439 e. The summed E-state index contributed by atoms with van der Waals surface area (Å²) in [5, 5.41) is 0. The zero-order valence-corrected chi connectivity index (χ0v) is 13.8. The van der Waals surface area contributed by atoms with E-state index in [-0.39, 0.29) is 5.82 Å². The van der Waals surface area contributed by atoms with Crippen LogP contribution in [0.15, 0.2) is 35.0 Å². The summed E-state index contributed by atoms with van der Waals surface area (Å²) < 4.78 is 21.1.